The van der Waals surface area contributed by atoms with Gasteiger partial charge in [-0.25, -0.2) is 0 Å². The van der Waals surface area contributed by atoms with Crippen LogP contribution < -0.4 is 5.32 Å². The molecule has 4 heterocycles. The fraction of sp³-hybridized carbons (Fsp3) is 0.333. The molecule has 0 saturated heterocycles. The maximum atomic E-state index is 12.1. The predicted molar refractivity (Wildman–Crippen MR) is 119 cm³/mol. The molecular weight excluding hydrogens is 450 g/mol. The van der Waals surface area contributed by atoms with E-state index >= 15 is 0 Å². The SMILES string of the molecule is O=C(Cc1ccco1)Cc1nnc(CCCCc2nnc(NC(=O)Cc3ccco3)s2)s1. The molecule has 0 saturated carbocycles. The van der Waals surface area contributed by atoms with Gasteiger partial charge < -0.3 is 14.2 Å². The Morgan fingerprint density at radius 1 is 0.781 bits per heavy atom. The van der Waals surface area contributed by atoms with Crippen LogP contribution in [0.25, 0.3) is 0 Å². The molecule has 0 aliphatic carbocycles. The highest BCUT2D eigenvalue weighted by Gasteiger charge is 2.13. The maximum Gasteiger partial charge on any atom is 0.233 e. The second kappa shape index (κ2) is 10.9. The Hall–Kier alpha value is -3.18. The summed E-state index contributed by atoms with van der Waals surface area (Å²) in [7, 11) is 0. The summed E-state index contributed by atoms with van der Waals surface area (Å²) in [6.07, 6.45) is 7.24. The molecule has 0 atom stereocenters. The molecule has 0 spiro atoms. The number of hydrogen-bond acceptors (Lipinski definition) is 10. The molecule has 0 aliphatic heterocycles. The highest BCUT2D eigenvalue weighted by Crippen LogP contribution is 2.19. The first-order valence-corrected chi connectivity index (χ1v) is 11.8. The summed E-state index contributed by atoms with van der Waals surface area (Å²) in [4.78, 5) is 24.1. The average Bonchev–Trinajstić information content (AvgIpc) is 3.55. The van der Waals surface area contributed by atoms with E-state index in [-0.39, 0.29) is 31.0 Å². The van der Waals surface area contributed by atoms with Gasteiger partial charge in [0.1, 0.15) is 32.3 Å². The Bertz CT molecular complexity index is 1040. The Morgan fingerprint density at radius 2 is 1.41 bits per heavy atom. The monoisotopic (exact) mass is 471 g/mol. The largest absolute Gasteiger partial charge is 0.469 e. The average molecular weight is 472 g/mol. The lowest BCUT2D eigenvalue weighted by atomic mass is 10.2. The molecule has 4 rings (SSSR count). The second-order valence-electron chi connectivity index (χ2n) is 7.07. The Morgan fingerprint density at radius 3 is 2.09 bits per heavy atom. The molecular formula is C21H21N5O4S2. The third-order valence-electron chi connectivity index (χ3n) is 4.47. The molecule has 0 radical (unpaired) electrons. The second-order valence-corrected chi connectivity index (χ2v) is 9.28. The van der Waals surface area contributed by atoms with Gasteiger partial charge >= 0.3 is 0 Å². The van der Waals surface area contributed by atoms with E-state index < -0.39 is 0 Å². The minimum absolute atomic E-state index is 0.0611. The molecule has 1 N–H and O–H groups in total. The van der Waals surface area contributed by atoms with Crippen LogP contribution in [0.3, 0.4) is 0 Å². The number of furan rings is 2. The van der Waals surface area contributed by atoms with Gasteiger partial charge in [-0.1, -0.05) is 11.3 Å². The van der Waals surface area contributed by atoms with Crippen molar-refractivity contribution in [3.63, 3.8) is 0 Å². The van der Waals surface area contributed by atoms with Crippen molar-refractivity contribution in [3.05, 3.63) is 63.3 Å². The fourth-order valence-electron chi connectivity index (χ4n) is 2.99. The molecule has 0 fully saturated rings. The number of anilines is 1. The molecule has 0 aromatic carbocycles. The summed E-state index contributed by atoms with van der Waals surface area (Å²) >= 11 is 2.86. The van der Waals surface area contributed by atoms with Gasteiger partial charge in [-0.15, -0.1) is 31.7 Å². The van der Waals surface area contributed by atoms with Crippen molar-refractivity contribution in [2.24, 2.45) is 0 Å². The lowest BCUT2D eigenvalue weighted by Crippen LogP contribution is -2.13. The van der Waals surface area contributed by atoms with Crippen LogP contribution in [0.5, 0.6) is 0 Å². The molecule has 11 heteroatoms. The Labute approximate surface area is 191 Å². The van der Waals surface area contributed by atoms with Gasteiger partial charge in [0.05, 0.1) is 31.8 Å². The molecule has 1 amide bonds. The van der Waals surface area contributed by atoms with Crippen LogP contribution in [0.4, 0.5) is 5.13 Å². The first-order valence-electron chi connectivity index (χ1n) is 10.1. The lowest BCUT2D eigenvalue weighted by molar-refractivity contribution is -0.118. The van der Waals surface area contributed by atoms with Gasteiger partial charge in [-0.05, 0) is 37.1 Å². The molecule has 166 valence electrons. The number of Topliss-reactive ketones (excluding diaryl/α,β-unsaturated/α-hetero) is 1. The molecule has 9 nitrogen and oxygen atoms in total. The summed E-state index contributed by atoms with van der Waals surface area (Å²) in [6, 6.07) is 7.06. The van der Waals surface area contributed by atoms with E-state index in [4.69, 9.17) is 8.83 Å². The van der Waals surface area contributed by atoms with E-state index in [1.807, 2.05) is 0 Å². The lowest BCUT2D eigenvalue weighted by Gasteiger charge is -1.98. The maximum absolute atomic E-state index is 12.1. The number of nitrogens with one attached hydrogen (secondary N) is 1. The molecule has 4 aromatic heterocycles. The van der Waals surface area contributed by atoms with E-state index in [1.54, 1.807) is 30.5 Å². The van der Waals surface area contributed by atoms with Gasteiger partial charge in [0.15, 0.2) is 0 Å². The highest BCUT2D eigenvalue weighted by molar-refractivity contribution is 7.15. The van der Waals surface area contributed by atoms with E-state index in [2.05, 4.69) is 25.7 Å². The van der Waals surface area contributed by atoms with Crippen LogP contribution in [0, 0.1) is 0 Å². The Kier molecular flexibility index (Phi) is 7.51. The third kappa shape index (κ3) is 6.66. The number of aromatic nitrogens is 4. The number of unbranched alkanes of at least 4 members (excludes halogenated alkanes) is 1. The predicted octanol–water partition coefficient (Wildman–Crippen LogP) is 3.68. The summed E-state index contributed by atoms with van der Waals surface area (Å²) in [5.41, 5.74) is 0. The van der Waals surface area contributed by atoms with Crippen molar-refractivity contribution in [2.75, 3.05) is 5.32 Å². The number of nitrogens with zero attached hydrogens (tertiary/aromatic N) is 4. The number of carbonyl (C=O) groups excluding carboxylic acids is 2. The number of rotatable bonds is 12. The number of ketones is 1. The zero-order chi connectivity index (χ0) is 22.2. The topological polar surface area (TPSA) is 124 Å². The molecule has 0 aliphatic rings. The summed E-state index contributed by atoms with van der Waals surface area (Å²) in [5.74, 6) is 1.15. The number of hydrogen-bond donors (Lipinski definition) is 1. The molecule has 0 bridgehead atoms. The van der Waals surface area contributed by atoms with Gasteiger partial charge in [0.2, 0.25) is 11.0 Å². The van der Waals surface area contributed by atoms with E-state index in [9.17, 15) is 9.59 Å². The van der Waals surface area contributed by atoms with Gasteiger partial charge in [0.25, 0.3) is 0 Å². The van der Waals surface area contributed by atoms with Crippen molar-refractivity contribution in [1.82, 2.24) is 20.4 Å². The third-order valence-corrected chi connectivity index (χ3v) is 6.35. The van der Waals surface area contributed by atoms with Gasteiger partial charge in [-0.3, -0.25) is 9.59 Å². The van der Waals surface area contributed by atoms with Crippen molar-refractivity contribution in [3.8, 4) is 0 Å². The van der Waals surface area contributed by atoms with Crippen molar-refractivity contribution < 1.29 is 18.4 Å². The molecule has 32 heavy (non-hydrogen) atoms. The first-order chi connectivity index (χ1) is 15.6. The van der Waals surface area contributed by atoms with Crippen molar-refractivity contribution in [2.45, 2.75) is 44.9 Å². The van der Waals surface area contributed by atoms with E-state index in [0.29, 0.717) is 16.7 Å². The minimum atomic E-state index is -0.183. The van der Waals surface area contributed by atoms with E-state index in [1.165, 1.54) is 28.9 Å². The molecule has 4 aromatic rings. The minimum Gasteiger partial charge on any atom is -0.469 e. The van der Waals surface area contributed by atoms with Crippen LogP contribution in [-0.4, -0.2) is 32.1 Å². The summed E-state index contributed by atoms with van der Waals surface area (Å²) < 4.78 is 10.4. The zero-order valence-corrected chi connectivity index (χ0v) is 18.8. The first kappa shape index (κ1) is 22.0. The van der Waals surface area contributed by atoms with Crippen LogP contribution in [-0.2, 0) is 41.7 Å². The smallest absolute Gasteiger partial charge is 0.233 e. The van der Waals surface area contributed by atoms with E-state index in [0.717, 1.165) is 40.7 Å². The fourth-order valence-corrected chi connectivity index (χ4v) is 4.70. The highest BCUT2D eigenvalue weighted by atomic mass is 32.1. The quantitative estimate of drug-likeness (QED) is 0.310. The zero-order valence-electron chi connectivity index (χ0n) is 17.2. The Balaban J connectivity index is 1.14. The molecule has 0 unspecified atom stereocenters. The summed E-state index contributed by atoms with van der Waals surface area (Å²) in [5, 5.41) is 22.3. The number of amides is 1. The normalized spacial score (nSPS) is 11.0. The van der Waals surface area contributed by atoms with Crippen LogP contribution in [0.2, 0.25) is 0 Å². The number of carbonyl (C=O) groups is 2. The van der Waals surface area contributed by atoms with Crippen molar-refractivity contribution in [1.29, 1.82) is 0 Å². The van der Waals surface area contributed by atoms with Crippen molar-refractivity contribution >= 4 is 39.5 Å². The number of aryl methyl sites for hydroxylation is 2. The standard InChI is InChI=1S/C21H21N5O4S2/c27-14(11-15-5-3-9-29-15)12-20-25-23-18(31-20)7-1-2-8-19-24-26-21(32-19)22-17(28)13-16-6-4-10-30-16/h3-6,9-10H,1-2,7-8,11-13H2,(H,22,26,28). The van der Waals surface area contributed by atoms with Gasteiger partial charge in [-0.2, -0.15) is 0 Å². The summed E-state index contributed by atoms with van der Waals surface area (Å²) in [6.45, 7) is 0. The van der Waals surface area contributed by atoms with Crippen LogP contribution in [0.1, 0.15) is 39.4 Å². The van der Waals surface area contributed by atoms with Crippen LogP contribution in [0.15, 0.2) is 45.6 Å². The van der Waals surface area contributed by atoms with Gasteiger partial charge in [0, 0.05) is 12.8 Å². The van der Waals surface area contributed by atoms with Crippen LogP contribution >= 0.6 is 22.7 Å².